The fraction of sp³-hybridized carbons (Fsp3) is 0.0625. The van der Waals surface area contributed by atoms with Crippen molar-refractivity contribution in [1.29, 1.82) is 0 Å². The molecule has 0 unspecified atom stereocenters. The van der Waals surface area contributed by atoms with Gasteiger partial charge in [0.05, 0.1) is 30.9 Å². The first-order valence-electron chi connectivity index (χ1n) is 6.38. The van der Waals surface area contributed by atoms with Gasteiger partial charge in [0.2, 0.25) is 5.88 Å². The maximum atomic E-state index is 10.6. The Morgan fingerprint density at radius 2 is 2.05 bits per heavy atom. The van der Waals surface area contributed by atoms with Gasteiger partial charge in [-0.05, 0) is 23.8 Å². The van der Waals surface area contributed by atoms with Crippen molar-refractivity contribution in [3.05, 3.63) is 59.8 Å². The third-order valence-electron chi connectivity index (χ3n) is 2.85. The first-order valence-corrected chi connectivity index (χ1v) is 6.76. The third-order valence-corrected chi connectivity index (χ3v) is 3.10. The Kier molecular flexibility index (Phi) is 5.27. The minimum absolute atomic E-state index is 0.486. The Bertz CT molecular complexity index is 682. The van der Waals surface area contributed by atoms with Crippen LogP contribution in [0.4, 0.5) is 5.69 Å². The second kappa shape index (κ2) is 7.38. The molecule has 0 bridgehead atoms. The number of hydrazone groups is 1. The van der Waals surface area contributed by atoms with Crippen LogP contribution in [0.25, 0.3) is 5.70 Å². The fourth-order valence-corrected chi connectivity index (χ4v) is 1.90. The highest BCUT2D eigenvalue weighted by Gasteiger charge is 2.12. The van der Waals surface area contributed by atoms with E-state index in [1.54, 1.807) is 30.5 Å². The number of halogens is 1. The molecule has 0 saturated carbocycles. The van der Waals surface area contributed by atoms with Gasteiger partial charge in [-0.2, -0.15) is 5.10 Å². The number of ether oxygens (including phenoxy) is 1. The third kappa shape index (κ3) is 3.71. The van der Waals surface area contributed by atoms with Gasteiger partial charge < -0.3 is 4.74 Å². The van der Waals surface area contributed by atoms with Gasteiger partial charge in [-0.1, -0.05) is 30.3 Å². The number of methoxy groups -OCH3 is 1. The molecule has 1 aromatic carbocycles. The van der Waals surface area contributed by atoms with Gasteiger partial charge in [-0.15, -0.1) is 0 Å². The van der Waals surface area contributed by atoms with Crippen molar-refractivity contribution < 1.29 is 9.53 Å². The summed E-state index contributed by atoms with van der Waals surface area (Å²) in [6.07, 6.45) is 3.33. The maximum Gasteiger partial charge on any atom is 0.213 e. The quantitative estimate of drug-likeness (QED) is 0.466. The lowest BCUT2D eigenvalue weighted by Gasteiger charge is -2.21. The SMILES string of the molecule is C=C(c1ccc(Cl)cc1)N(/N=C/C=O)c1ccc(OC)nc1. The molecule has 5 nitrogen and oxygen atoms in total. The zero-order valence-electron chi connectivity index (χ0n) is 11.9. The molecule has 6 heteroatoms. The van der Waals surface area contributed by atoms with Crippen molar-refractivity contribution in [2.75, 3.05) is 12.1 Å². The lowest BCUT2D eigenvalue weighted by molar-refractivity contribution is -0.102. The topological polar surface area (TPSA) is 54.8 Å². The van der Waals surface area contributed by atoms with E-state index in [0.29, 0.717) is 28.6 Å². The van der Waals surface area contributed by atoms with E-state index >= 15 is 0 Å². The number of anilines is 1. The molecule has 0 spiro atoms. The van der Waals surface area contributed by atoms with E-state index in [9.17, 15) is 4.79 Å². The highest BCUT2D eigenvalue weighted by molar-refractivity contribution is 6.30. The number of benzene rings is 1. The summed E-state index contributed by atoms with van der Waals surface area (Å²) >= 11 is 5.89. The summed E-state index contributed by atoms with van der Waals surface area (Å²) in [5.41, 5.74) is 2.06. The highest BCUT2D eigenvalue weighted by Crippen LogP contribution is 2.26. The van der Waals surface area contributed by atoms with Crippen LogP contribution in [0.3, 0.4) is 0 Å². The van der Waals surface area contributed by atoms with E-state index in [-0.39, 0.29) is 0 Å². The summed E-state index contributed by atoms with van der Waals surface area (Å²) < 4.78 is 5.03. The van der Waals surface area contributed by atoms with Crippen LogP contribution in [0.5, 0.6) is 5.88 Å². The van der Waals surface area contributed by atoms with E-state index in [2.05, 4.69) is 16.7 Å². The molecule has 0 aliphatic rings. The zero-order valence-corrected chi connectivity index (χ0v) is 12.7. The molecular formula is C16H14ClN3O2. The van der Waals surface area contributed by atoms with Crippen molar-refractivity contribution in [3.8, 4) is 5.88 Å². The van der Waals surface area contributed by atoms with Gasteiger partial charge in [0.25, 0.3) is 0 Å². The number of aldehydes is 1. The fourth-order valence-electron chi connectivity index (χ4n) is 1.77. The number of carbonyl (C=O) groups is 1. The molecule has 2 rings (SSSR count). The van der Waals surface area contributed by atoms with Crippen LogP contribution < -0.4 is 9.75 Å². The first kappa shape index (κ1) is 15.7. The molecule has 2 aromatic rings. The number of nitrogens with zero attached hydrogens (tertiary/aromatic N) is 3. The number of hydrogen-bond acceptors (Lipinski definition) is 5. The molecule has 0 radical (unpaired) electrons. The predicted molar refractivity (Wildman–Crippen MR) is 88.3 cm³/mol. The molecule has 112 valence electrons. The Morgan fingerprint density at radius 1 is 1.32 bits per heavy atom. The summed E-state index contributed by atoms with van der Waals surface area (Å²) in [4.78, 5) is 14.7. The summed E-state index contributed by atoms with van der Waals surface area (Å²) in [6, 6.07) is 10.6. The molecule has 0 atom stereocenters. The van der Waals surface area contributed by atoms with Crippen LogP contribution in [0.15, 0.2) is 54.3 Å². The van der Waals surface area contributed by atoms with E-state index in [0.717, 1.165) is 11.8 Å². The largest absolute Gasteiger partial charge is 0.481 e. The standard InChI is InChI=1S/C16H14ClN3O2/c1-12(13-3-5-14(17)6-4-13)20(19-9-10-21)15-7-8-16(22-2)18-11-15/h3-11H,1H2,2H3/b19-9+. The molecule has 0 amide bonds. The van der Waals surface area contributed by atoms with Gasteiger partial charge in [0.1, 0.15) is 0 Å². The summed E-state index contributed by atoms with van der Waals surface area (Å²) in [5, 5.41) is 6.24. The number of hydrogen-bond donors (Lipinski definition) is 0. The Labute approximate surface area is 133 Å². The Balaban J connectivity index is 2.35. The van der Waals surface area contributed by atoms with Gasteiger partial charge >= 0.3 is 0 Å². The minimum atomic E-state index is 0.486. The second-order valence-electron chi connectivity index (χ2n) is 4.22. The molecular weight excluding hydrogens is 302 g/mol. The molecule has 0 fully saturated rings. The van der Waals surface area contributed by atoms with E-state index < -0.39 is 0 Å². The van der Waals surface area contributed by atoms with Crippen molar-refractivity contribution >= 4 is 35.5 Å². The van der Waals surface area contributed by atoms with Gasteiger partial charge in [-0.25, -0.2) is 9.99 Å². The normalized spacial score (nSPS) is 10.5. The molecule has 0 aliphatic heterocycles. The monoisotopic (exact) mass is 315 g/mol. The molecule has 1 heterocycles. The van der Waals surface area contributed by atoms with Gasteiger partial charge in [0, 0.05) is 11.1 Å². The van der Waals surface area contributed by atoms with Crippen LogP contribution >= 0.6 is 11.6 Å². The summed E-state index contributed by atoms with van der Waals surface area (Å²) in [5.74, 6) is 0.486. The molecule has 1 aromatic heterocycles. The summed E-state index contributed by atoms with van der Waals surface area (Å²) in [7, 11) is 1.54. The molecule has 0 aliphatic carbocycles. The lowest BCUT2D eigenvalue weighted by Crippen LogP contribution is -2.14. The van der Waals surface area contributed by atoms with Crippen molar-refractivity contribution in [2.45, 2.75) is 0 Å². The second-order valence-corrected chi connectivity index (χ2v) is 4.66. The Morgan fingerprint density at radius 3 is 2.59 bits per heavy atom. The molecule has 0 saturated heterocycles. The van der Waals surface area contributed by atoms with Crippen LogP contribution in [-0.2, 0) is 4.79 Å². The van der Waals surface area contributed by atoms with E-state index in [4.69, 9.17) is 16.3 Å². The van der Waals surface area contributed by atoms with E-state index in [1.165, 1.54) is 12.1 Å². The van der Waals surface area contributed by atoms with Crippen LogP contribution in [0, 0.1) is 0 Å². The number of aromatic nitrogens is 1. The number of pyridine rings is 1. The predicted octanol–water partition coefficient (Wildman–Crippen LogP) is 3.41. The van der Waals surface area contributed by atoms with Crippen molar-refractivity contribution in [2.24, 2.45) is 5.10 Å². The van der Waals surface area contributed by atoms with E-state index in [1.807, 2.05) is 12.1 Å². The lowest BCUT2D eigenvalue weighted by atomic mass is 10.1. The number of carbonyl (C=O) groups excluding carboxylic acids is 1. The van der Waals surface area contributed by atoms with Crippen molar-refractivity contribution in [3.63, 3.8) is 0 Å². The van der Waals surface area contributed by atoms with Gasteiger partial charge in [0.15, 0.2) is 6.29 Å². The zero-order chi connectivity index (χ0) is 15.9. The number of rotatable bonds is 6. The van der Waals surface area contributed by atoms with Crippen molar-refractivity contribution in [1.82, 2.24) is 4.98 Å². The first-order chi connectivity index (χ1) is 10.7. The van der Waals surface area contributed by atoms with Crippen LogP contribution in [0.2, 0.25) is 5.02 Å². The average molecular weight is 316 g/mol. The van der Waals surface area contributed by atoms with Gasteiger partial charge in [-0.3, -0.25) is 4.79 Å². The average Bonchev–Trinajstić information content (AvgIpc) is 2.56. The smallest absolute Gasteiger partial charge is 0.213 e. The summed E-state index contributed by atoms with van der Waals surface area (Å²) in [6.45, 7) is 4.02. The van der Waals surface area contributed by atoms with Crippen LogP contribution in [-0.4, -0.2) is 24.6 Å². The highest BCUT2D eigenvalue weighted by atomic mass is 35.5. The van der Waals surface area contributed by atoms with Crippen LogP contribution in [0.1, 0.15) is 5.56 Å². The molecule has 22 heavy (non-hydrogen) atoms. The molecule has 0 N–H and O–H groups in total. The Hall–Kier alpha value is -2.66. The maximum absolute atomic E-state index is 10.6. The minimum Gasteiger partial charge on any atom is -0.481 e.